The van der Waals surface area contributed by atoms with Crippen molar-refractivity contribution in [3.05, 3.63) is 27.1 Å². The van der Waals surface area contributed by atoms with Crippen molar-refractivity contribution in [1.29, 1.82) is 0 Å². The fraction of sp³-hybridized carbons (Fsp3) is 0.625. The van der Waals surface area contributed by atoms with Crippen molar-refractivity contribution in [1.82, 2.24) is 9.55 Å². The molecule has 0 fully saturated rings. The van der Waals surface area contributed by atoms with E-state index in [1.54, 1.807) is 22.2 Å². The van der Waals surface area contributed by atoms with Gasteiger partial charge in [-0.25, -0.2) is 4.98 Å². The minimum atomic E-state index is 0.169. The Hall–Kier alpha value is -1.16. The summed E-state index contributed by atoms with van der Waals surface area (Å²) in [6.07, 6.45) is 6.11. The summed E-state index contributed by atoms with van der Waals surface area (Å²) < 4.78 is 1.80. The monoisotopic (exact) mass is 290 g/mol. The quantitative estimate of drug-likeness (QED) is 0.865. The van der Waals surface area contributed by atoms with Crippen LogP contribution in [0.5, 0.6) is 0 Å². The van der Waals surface area contributed by atoms with Gasteiger partial charge in [0.15, 0.2) is 0 Å². The molecule has 1 aliphatic rings. The molecule has 1 unspecified atom stereocenters. The molecule has 2 aromatic rings. The largest absolute Gasteiger partial charge is 0.299 e. The molecule has 0 aliphatic heterocycles. The third-order valence-electron chi connectivity index (χ3n) is 4.23. The normalized spacial score (nSPS) is 18.7. The Morgan fingerprint density at radius 3 is 3.05 bits per heavy atom. The summed E-state index contributed by atoms with van der Waals surface area (Å²) in [5.41, 5.74) is 1.46. The van der Waals surface area contributed by atoms with Crippen LogP contribution in [0.25, 0.3) is 10.2 Å². The van der Waals surface area contributed by atoms with Crippen LogP contribution in [-0.2, 0) is 19.4 Å². The molecule has 0 N–H and O–H groups in total. The van der Waals surface area contributed by atoms with Gasteiger partial charge in [-0.3, -0.25) is 9.36 Å². The van der Waals surface area contributed by atoms with Crippen molar-refractivity contribution < 1.29 is 0 Å². The molecule has 0 amide bonds. The number of hydrogen-bond acceptors (Lipinski definition) is 3. The molecule has 3 nitrogen and oxygen atoms in total. The first-order chi connectivity index (χ1) is 9.56. The summed E-state index contributed by atoms with van der Waals surface area (Å²) in [6, 6.07) is 0. The average molecular weight is 290 g/mol. The Bertz CT molecular complexity index is 684. The van der Waals surface area contributed by atoms with Crippen LogP contribution in [0, 0.1) is 11.8 Å². The summed E-state index contributed by atoms with van der Waals surface area (Å²) in [6.45, 7) is 7.44. The molecule has 108 valence electrons. The van der Waals surface area contributed by atoms with Crippen molar-refractivity contribution in [3.63, 3.8) is 0 Å². The molecular formula is C16H22N2OS. The molecule has 0 bridgehead atoms. The maximum absolute atomic E-state index is 12.7. The standard InChI is InChI=1S/C16H22N2OS/c1-10(2)6-7-18-9-17-15-14(16(18)19)12-5-4-11(3)8-13(12)20-15/h9-11H,4-8H2,1-3H3. The van der Waals surface area contributed by atoms with Crippen molar-refractivity contribution in [2.75, 3.05) is 0 Å². The van der Waals surface area contributed by atoms with E-state index in [2.05, 4.69) is 25.8 Å². The predicted molar refractivity (Wildman–Crippen MR) is 84.5 cm³/mol. The minimum Gasteiger partial charge on any atom is -0.299 e. The van der Waals surface area contributed by atoms with Gasteiger partial charge in [0.05, 0.1) is 11.7 Å². The van der Waals surface area contributed by atoms with Crippen molar-refractivity contribution in [2.24, 2.45) is 11.8 Å². The second-order valence-electron chi connectivity index (χ2n) is 6.46. The molecule has 0 aromatic carbocycles. The number of aromatic nitrogens is 2. The van der Waals surface area contributed by atoms with E-state index in [0.717, 1.165) is 41.9 Å². The van der Waals surface area contributed by atoms with Crippen LogP contribution in [0.4, 0.5) is 0 Å². The lowest BCUT2D eigenvalue weighted by Crippen LogP contribution is -2.22. The van der Waals surface area contributed by atoms with E-state index in [4.69, 9.17) is 0 Å². The van der Waals surface area contributed by atoms with Gasteiger partial charge in [-0.2, -0.15) is 0 Å². The highest BCUT2D eigenvalue weighted by Gasteiger charge is 2.23. The molecule has 1 aliphatic carbocycles. The summed E-state index contributed by atoms with van der Waals surface area (Å²) >= 11 is 1.73. The second-order valence-corrected chi connectivity index (χ2v) is 7.54. The van der Waals surface area contributed by atoms with E-state index in [9.17, 15) is 4.79 Å². The number of thiophene rings is 1. The van der Waals surface area contributed by atoms with Gasteiger partial charge < -0.3 is 0 Å². The van der Waals surface area contributed by atoms with Gasteiger partial charge in [0, 0.05) is 11.4 Å². The van der Waals surface area contributed by atoms with Crippen molar-refractivity contribution in [2.45, 2.75) is 53.0 Å². The summed E-state index contributed by atoms with van der Waals surface area (Å²) in [5.74, 6) is 1.34. The zero-order valence-electron chi connectivity index (χ0n) is 12.5. The summed E-state index contributed by atoms with van der Waals surface area (Å²) in [7, 11) is 0. The number of rotatable bonds is 3. The Balaban J connectivity index is 2.06. The topological polar surface area (TPSA) is 34.9 Å². The Morgan fingerprint density at radius 1 is 1.50 bits per heavy atom. The van der Waals surface area contributed by atoms with Gasteiger partial charge in [-0.1, -0.05) is 20.8 Å². The Morgan fingerprint density at radius 2 is 2.30 bits per heavy atom. The van der Waals surface area contributed by atoms with E-state index < -0.39 is 0 Å². The molecular weight excluding hydrogens is 268 g/mol. The lowest BCUT2D eigenvalue weighted by atomic mass is 9.89. The van der Waals surface area contributed by atoms with E-state index in [0.29, 0.717) is 5.92 Å². The molecule has 2 aromatic heterocycles. The molecule has 1 atom stereocenters. The summed E-state index contributed by atoms with van der Waals surface area (Å²) in [4.78, 5) is 19.5. The second kappa shape index (κ2) is 5.32. The van der Waals surface area contributed by atoms with Crippen molar-refractivity contribution >= 4 is 21.6 Å². The van der Waals surface area contributed by atoms with Crippen LogP contribution < -0.4 is 5.56 Å². The van der Waals surface area contributed by atoms with Gasteiger partial charge in [0.25, 0.3) is 5.56 Å². The predicted octanol–water partition coefficient (Wildman–Crippen LogP) is 3.63. The fourth-order valence-corrected chi connectivity index (χ4v) is 4.26. The Labute approximate surface area is 123 Å². The molecule has 20 heavy (non-hydrogen) atoms. The molecule has 3 rings (SSSR count). The highest BCUT2D eigenvalue weighted by molar-refractivity contribution is 7.18. The first-order valence-corrected chi connectivity index (χ1v) is 8.37. The third kappa shape index (κ3) is 2.41. The first kappa shape index (κ1) is 13.8. The van der Waals surface area contributed by atoms with Gasteiger partial charge in [0.2, 0.25) is 0 Å². The molecule has 4 heteroatoms. The summed E-state index contributed by atoms with van der Waals surface area (Å²) in [5, 5.41) is 0.906. The highest BCUT2D eigenvalue weighted by Crippen LogP contribution is 2.35. The lowest BCUT2D eigenvalue weighted by Gasteiger charge is -2.17. The molecule has 0 saturated carbocycles. The fourth-order valence-electron chi connectivity index (χ4n) is 2.92. The van der Waals surface area contributed by atoms with E-state index in [1.165, 1.54) is 16.9 Å². The average Bonchev–Trinajstić information content (AvgIpc) is 2.75. The van der Waals surface area contributed by atoms with E-state index >= 15 is 0 Å². The maximum atomic E-state index is 12.7. The molecule has 0 spiro atoms. The van der Waals surface area contributed by atoms with Crippen molar-refractivity contribution in [3.8, 4) is 0 Å². The van der Waals surface area contributed by atoms with Crippen LogP contribution >= 0.6 is 11.3 Å². The van der Waals surface area contributed by atoms with Crippen LogP contribution in [0.3, 0.4) is 0 Å². The van der Waals surface area contributed by atoms with Crippen LogP contribution in [-0.4, -0.2) is 9.55 Å². The minimum absolute atomic E-state index is 0.169. The van der Waals surface area contributed by atoms with E-state index in [-0.39, 0.29) is 5.56 Å². The van der Waals surface area contributed by atoms with Gasteiger partial charge in [-0.15, -0.1) is 11.3 Å². The van der Waals surface area contributed by atoms with E-state index in [1.807, 2.05) is 0 Å². The van der Waals surface area contributed by atoms with Gasteiger partial charge in [-0.05, 0) is 43.1 Å². The van der Waals surface area contributed by atoms with Crippen LogP contribution in [0.2, 0.25) is 0 Å². The number of fused-ring (bicyclic) bond motifs is 3. The highest BCUT2D eigenvalue weighted by atomic mass is 32.1. The lowest BCUT2D eigenvalue weighted by molar-refractivity contribution is 0.503. The zero-order chi connectivity index (χ0) is 14.3. The smallest absolute Gasteiger partial charge is 0.262 e. The number of aryl methyl sites for hydroxylation is 2. The van der Waals surface area contributed by atoms with Gasteiger partial charge >= 0.3 is 0 Å². The maximum Gasteiger partial charge on any atom is 0.262 e. The first-order valence-electron chi connectivity index (χ1n) is 7.56. The molecule has 2 heterocycles. The number of nitrogens with zero attached hydrogens (tertiary/aromatic N) is 2. The number of hydrogen-bond donors (Lipinski definition) is 0. The Kier molecular flexibility index (Phi) is 3.67. The van der Waals surface area contributed by atoms with Gasteiger partial charge in [0.1, 0.15) is 4.83 Å². The van der Waals surface area contributed by atoms with Crippen LogP contribution in [0.1, 0.15) is 44.1 Å². The SMILES string of the molecule is CC(C)CCn1cnc2sc3c(c2c1=O)CCC(C)C3. The third-order valence-corrected chi connectivity index (χ3v) is 5.39. The molecule has 0 radical (unpaired) electrons. The zero-order valence-corrected chi connectivity index (χ0v) is 13.3. The molecule has 0 saturated heterocycles. The van der Waals surface area contributed by atoms with Crippen LogP contribution in [0.15, 0.2) is 11.1 Å².